The van der Waals surface area contributed by atoms with Crippen molar-refractivity contribution in [1.29, 1.82) is 0 Å². The van der Waals surface area contributed by atoms with Crippen LogP contribution in [0.3, 0.4) is 0 Å². The number of anilines is 1. The first kappa shape index (κ1) is 15.2. The van der Waals surface area contributed by atoms with Gasteiger partial charge in [0.25, 0.3) is 0 Å². The third kappa shape index (κ3) is 4.72. The van der Waals surface area contributed by atoms with E-state index in [1.165, 1.54) is 12.8 Å². The molecule has 0 bridgehead atoms. The lowest BCUT2D eigenvalue weighted by atomic mass is 10.2. The maximum atomic E-state index is 8.80. The second-order valence-corrected chi connectivity index (χ2v) is 5.50. The first-order valence-electron chi connectivity index (χ1n) is 7.68. The summed E-state index contributed by atoms with van der Waals surface area (Å²) in [6.07, 6.45) is 4.42. The van der Waals surface area contributed by atoms with Gasteiger partial charge in [-0.05, 0) is 57.8 Å². The van der Waals surface area contributed by atoms with Crippen LogP contribution in [0.25, 0.3) is 0 Å². The normalized spacial score (nSPS) is 17.2. The van der Waals surface area contributed by atoms with Crippen LogP contribution < -0.4 is 4.90 Å². The molecule has 0 spiro atoms. The summed E-state index contributed by atoms with van der Waals surface area (Å²) in [5.74, 6) is 0.998. The Morgan fingerprint density at radius 1 is 1.05 bits per heavy atom. The molecule has 0 radical (unpaired) electrons. The van der Waals surface area contributed by atoms with Crippen molar-refractivity contribution in [3.63, 3.8) is 0 Å². The largest absolute Gasteiger partial charge is 0.396 e. The Hall–Kier alpha value is -1.20. The van der Waals surface area contributed by atoms with Gasteiger partial charge in [-0.3, -0.25) is 0 Å². The van der Waals surface area contributed by atoms with E-state index < -0.39 is 0 Å². The second-order valence-electron chi connectivity index (χ2n) is 5.50. The zero-order valence-electron chi connectivity index (χ0n) is 12.5. The molecule has 0 atom stereocenters. The molecule has 1 fully saturated rings. The van der Waals surface area contributed by atoms with E-state index in [2.05, 4.69) is 26.1 Å². The monoisotopic (exact) mass is 278 g/mol. The number of aromatic nitrogens is 2. The van der Waals surface area contributed by atoms with Crippen molar-refractivity contribution in [2.24, 2.45) is 0 Å². The van der Waals surface area contributed by atoms with E-state index >= 15 is 0 Å². The maximum Gasteiger partial charge on any atom is 0.151 e. The van der Waals surface area contributed by atoms with Crippen molar-refractivity contribution < 1.29 is 5.11 Å². The lowest BCUT2D eigenvalue weighted by molar-refractivity contribution is 0.262. The molecule has 20 heavy (non-hydrogen) atoms. The third-order valence-electron chi connectivity index (χ3n) is 3.83. The first-order valence-corrected chi connectivity index (χ1v) is 7.68. The fraction of sp³-hybridized carbons (Fsp3) is 0.733. The molecular formula is C15H26N4O. The third-order valence-corrected chi connectivity index (χ3v) is 3.83. The summed E-state index contributed by atoms with van der Waals surface area (Å²) in [5, 5.41) is 17.2. The van der Waals surface area contributed by atoms with Crippen molar-refractivity contribution >= 4 is 5.82 Å². The predicted octanol–water partition coefficient (Wildman–Crippen LogP) is 1.46. The van der Waals surface area contributed by atoms with Crippen LogP contribution in [-0.4, -0.2) is 59.5 Å². The quantitative estimate of drug-likeness (QED) is 0.798. The summed E-state index contributed by atoms with van der Waals surface area (Å²) in [4.78, 5) is 4.86. The Labute approximate surface area is 121 Å². The molecule has 0 aliphatic carbocycles. The van der Waals surface area contributed by atoms with Gasteiger partial charge in [0.1, 0.15) is 0 Å². The summed E-state index contributed by atoms with van der Waals surface area (Å²) < 4.78 is 0. The molecule has 112 valence electrons. The van der Waals surface area contributed by atoms with Crippen LogP contribution in [0.5, 0.6) is 0 Å². The Morgan fingerprint density at radius 2 is 1.95 bits per heavy atom. The van der Waals surface area contributed by atoms with E-state index in [0.717, 1.165) is 57.1 Å². The lowest BCUT2D eigenvalue weighted by Gasteiger charge is -2.22. The highest BCUT2D eigenvalue weighted by Crippen LogP contribution is 2.13. The average Bonchev–Trinajstić information content (AvgIpc) is 2.70. The van der Waals surface area contributed by atoms with Gasteiger partial charge in [-0.1, -0.05) is 0 Å². The molecule has 0 amide bonds. The Kier molecular flexibility index (Phi) is 6.21. The SMILES string of the molecule is Cc1ccc(N2CCCN(CCCCCO)CC2)nn1. The molecule has 1 N–H and O–H groups in total. The van der Waals surface area contributed by atoms with Crippen molar-refractivity contribution in [3.05, 3.63) is 17.8 Å². The zero-order chi connectivity index (χ0) is 14.2. The smallest absolute Gasteiger partial charge is 0.151 e. The zero-order valence-corrected chi connectivity index (χ0v) is 12.5. The highest BCUT2D eigenvalue weighted by molar-refractivity contribution is 5.37. The molecule has 0 unspecified atom stereocenters. The molecule has 2 heterocycles. The molecule has 1 aliphatic rings. The van der Waals surface area contributed by atoms with E-state index in [0.29, 0.717) is 6.61 Å². The first-order chi connectivity index (χ1) is 9.79. The topological polar surface area (TPSA) is 52.5 Å². The summed E-state index contributed by atoms with van der Waals surface area (Å²) >= 11 is 0. The minimum absolute atomic E-state index is 0.319. The minimum Gasteiger partial charge on any atom is -0.396 e. The van der Waals surface area contributed by atoms with E-state index in [4.69, 9.17) is 5.11 Å². The van der Waals surface area contributed by atoms with E-state index in [-0.39, 0.29) is 0 Å². The molecule has 0 saturated carbocycles. The van der Waals surface area contributed by atoms with Crippen LogP contribution in [0, 0.1) is 6.92 Å². The van der Waals surface area contributed by atoms with Crippen molar-refractivity contribution in [2.45, 2.75) is 32.6 Å². The van der Waals surface area contributed by atoms with Gasteiger partial charge in [0, 0.05) is 26.2 Å². The molecule has 0 aromatic carbocycles. The van der Waals surface area contributed by atoms with Crippen molar-refractivity contribution in [1.82, 2.24) is 15.1 Å². The van der Waals surface area contributed by atoms with Crippen LogP contribution >= 0.6 is 0 Å². The van der Waals surface area contributed by atoms with Crippen LogP contribution in [0.2, 0.25) is 0 Å². The molecule has 1 saturated heterocycles. The lowest BCUT2D eigenvalue weighted by Crippen LogP contribution is -2.31. The van der Waals surface area contributed by atoms with Gasteiger partial charge in [-0.15, -0.1) is 5.10 Å². The number of rotatable bonds is 6. The van der Waals surface area contributed by atoms with Crippen LogP contribution in [0.1, 0.15) is 31.4 Å². The molecule has 5 nitrogen and oxygen atoms in total. The summed E-state index contributed by atoms with van der Waals surface area (Å²) in [6, 6.07) is 4.10. The van der Waals surface area contributed by atoms with Crippen molar-refractivity contribution in [3.8, 4) is 0 Å². The fourth-order valence-corrected chi connectivity index (χ4v) is 2.61. The molecule has 2 rings (SSSR count). The Bertz CT molecular complexity index is 382. The van der Waals surface area contributed by atoms with Gasteiger partial charge in [0.15, 0.2) is 5.82 Å². The number of aliphatic hydroxyl groups is 1. The van der Waals surface area contributed by atoms with Gasteiger partial charge in [0.05, 0.1) is 5.69 Å². The van der Waals surface area contributed by atoms with Gasteiger partial charge < -0.3 is 14.9 Å². The maximum absolute atomic E-state index is 8.80. The van der Waals surface area contributed by atoms with E-state index in [1.54, 1.807) is 0 Å². The van der Waals surface area contributed by atoms with Gasteiger partial charge in [-0.25, -0.2) is 0 Å². The minimum atomic E-state index is 0.319. The highest BCUT2D eigenvalue weighted by Gasteiger charge is 2.15. The fourth-order valence-electron chi connectivity index (χ4n) is 2.61. The molecule has 1 aromatic rings. The number of unbranched alkanes of at least 4 members (excludes halogenated alkanes) is 2. The van der Waals surface area contributed by atoms with E-state index in [1.807, 2.05) is 13.0 Å². The van der Waals surface area contributed by atoms with Gasteiger partial charge in [0.2, 0.25) is 0 Å². The Morgan fingerprint density at radius 3 is 2.70 bits per heavy atom. The van der Waals surface area contributed by atoms with Gasteiger partial charge >= 0.3 is 0 Å². The molecule has 5 heteroatoms. The summed E-state index contributed by atoms with van der Waals surface area (Å²) in [5.41, 5.74) is 0.967. The highest BCUT2D eigenvalue weighted by atomic mass is 16.2. The van der Waals surface area contributed by atoms with Crippen LogP contribution in [0.4, 0.5) is 5.82 Å². The molecule has 1 aliphatic heterocycles. The summed E-state index contributed by atoms with van der Waals surface area (Å²) in [6.45, 7) is 7.77. The standard InChI is InChI=1S/C15H26N4O/c1-14-6-7-15(17-16-14)19-10-5-9-18(11-12-19)8-3-2-4-13-20/h6-7,20H,2-5,8-13H2,1H3. The number of aliphatic hydroxyl groups excluding tert-OH is 1. The second kappa shape index (κ2) is 8.17. The molecular weight excluding hydrogens is 252 g/mol. The Balaban J connectivity index is 1.78. The van der Waals surface area contributed by atoms with E-state index in [9.17, 15) is 0 Å². The van der Waals surface area contributed by atoms with Crippen molar-refractivity contribution in [2.75, 3.05) is 44.2 Å². The number of hydrogen-bond donors (Lipinski definition) is 1. The predicted molar refractivity (Wildman–Crippen MR) is 81.0 cm³/mol. The number of nitrogens with zero attached hydrogens (tertiary/aromatic N) is 4. The van der Waals surface area contributed by atoms with Crippen LogP contribution in [0.15, 0.2) is 12.1 Å². The van der Waals surface area contributed by atoms with Gasteiger partial charge in [-0.2, -0.15) is 5.10 Å². The number of aryl methyl sites for hydroxylation is 1. The number of hydrogen-bond acceptors (Lipinski definition) is 5. The molecule has 1 aromatic heterocycles. The average molecular weight is 278 g/mol. The van der Waals surface area contributed by atoms with Crippen LogP contribution in [-0.2, 0) is 0 Å². The summed E-state index contributed by atoms with van der Waals surface area (Å²) in [7, 11) is 0.